The molecule has 2 aliphatic rings. The number of thiocarbonyl (C=S) groups is 1. The fraction of sp³-hybridized carbons (Fsp3) is 0.250. The molecule has 0 saturated heterocycles. The highest BCUT2D eigenvalue weighted by atomic mass is 32.1. The van der Waals surface area contributed by atoms with Crippen LogP contribution in [0.15, 0.2) is 42.5 Å². The van der Waals surface area contributed by atoms with Gasteiger partial charge in [0.1, 0.15) is 13.2 Å². The van der Waals surface area contributed by atoms with Crippen LogP contribution >= 0.6 is 12.2 Å². The number of benzene rings is 2. The van der Waals surface area contributed by atoms with E-state index in [0.717, 1.165) is 41.8 Å². The number of ether oxygens (including phenoxy) is 2. The second kappa shape index (κ2) is 6.21. The van der Waals surface area contributed by atoms with Gasteiger partial charge in [-0.3, -0.25) is 0 Å². The molecule has 5 rings (SSSR count). The first-order valence-corrected chi connectivity index (χ1v) is 9.23. The summed E-state index contributed by atoms with van der Waals surface area (Å²) >= 11 is 5.65. The molecule has 1 aromatic heterocycles. The van der Waals surface area contributed by atoms with E-state index in [1.807, 2.05) is 18.2 Å². The molecule has 0 fully saturated rings. The molecule has 0 unspecified atom stereocenters. The molecule has 0 spiro atoms. The van der Waals surface area contributed by atoms with Crippen LogP contribution in [0.3, 0.4) is 0 Å². The van der Waals surface area contributed by atoms with Gasteiger partial charge in [-0.05, 0) is 42.4 Å². The minimum absolute atomic E-state index is 0.580. The number of nitrogens with one attached hydrogen (secondary N) is 2. The fourth-order valence-electron chi connectivity index (χ4n) is 3.69. The summed E-state index contributed by atoms with van der Waals surface area (Å²) in [5, 5.41) is 5.39. The highest BCUT2D eigenvalue weighted by molar-refractivity contribution is 7.80. The molecule has 5 nitrogen and oxygen atoms in total. The van der Waals surface area contributed by atoms with Gasteiger partial charge in [0.25, 0.3) is 0 Å². The van der Waals surface area contributed by atoms with Crippen molar-refractivity contribution >= 4 is 33.9 Å². The van der Waals surface area contributed by atoms with E-state index in [9.17, 15) is 0 Å². The second-order valence-electron chi connectivity index (χ2n) is 6.59. The van der Waals surface area contributed by atoms with E-state index in [4.69, 9.17) is 21.7 Å². The van der Waals surface area contributed by atoms with E-state index in [2.05, 4.69) is 39.5 Å². The fourth-order valence-corrected chi connectivity index (χ4v) is 3.96. The lowest BCUT2D eigenvalue weighted by molar-refractivity contribution is 0.171. The average molecular weight is 365 g/mol. The van der Waals surface area contributed by atoms with E-state index >= 15 is 0 Å². The van der Waals surface area contributed by atoms with Crippen LogP contribution in [0.25, 0.3) is 10.9 Å². The van der Waals surface area contributed by atoms with Crippen molar-refractivity contribution in [2.24, 2.45) is 0 Å². The Bertz CT molecular complexity index is 998. The summed E-state index contributed by atoms with van der Waals surface area (Å²) in [6.07, 6.45) is 0.988. The van der Waals surface area contributed by atoms with Crippen molar-refractivity contribution in [1.29, 1.82) is 0 Å². The lowest BCUT2D eigenvalue weighted by Gasteiger charge is -2.30. The summed E-state index contributed by atoms with van der Waals surface area (Å²) in [5.41, 5.74) is 4.79. The van der Waals surface area contributed by atoms with Gasteiger partial charge in [0, 0.05) is 34.9 Å². The third kappa shape index (κ3) is 2.66. The van der Waals surface area contributed by atoms with Crippen LogP contribution in [0.5, 0.6) is 11.5 Å². The number of nitrogens with zero attached hydrogens (tertiary/aromatic N) is 1. The van der Waals surface area contributed by atoms with E-state index in [1.165, 1.54) is 22.2 Å². The normalized spacial score (nSPS) is 15.6. The van der Waals surface area contributed by atoms with Crippen molar-refractivity contribution in [1.82, 2.24) is 9.88 Å². The summed E-state index contributed by atoms with van der Waals surface area (Å²) in [7, 11) is 0. The summed E-state index contributed by atoms with van der Waals surface area (Å²) in [6, 6.07) is 14.3. The summed E-state index contributed by atoms with van der Waals surface area (Å²) in [4.78, 5) is 5.74. The maximum Gasteiger partial charge on any atom is 0.173 e. The topological polar surface area (TPSA) is 49.5 Å². The molecule has 26 heavy (non-hydrogen) atoms. The molecule has 0 aliphatic carbocycles. The monoisotopic (exact) mass is 365 g/mol. The maximum atomic E-state index is 5.65. The van der Waals surface area contributed by atoms with E-state index in [-0.39, 0.29) is 0 Å². The van der Waals surface area contributed by atoms with Gasteiger partial charge in [0.2, 0.25) is 0 Å². The van der Waals surface area contributed by atoms with Crippen LogP contribution in [0, 0.1) is 0 Å². The van der Waals surface area contributed by atoms with Gasteiger partial charge in [-0.2, -0.15) is 0 Å². The van der Waals surface area contributed by atoms with Crippen LogP contribution in [0.4, 0.5) is 5.69 Å². The summed E-state index contributed by atoms with van der Waals surface area (Å²) < 4.78 is 11.2. The number of para-hydroxylation sites is 1. The number of rotatable bonds is 1. The molecule has 0 atom stereocenters. The van der Waals surface area contributed by atoms with Gasteiger partial charge in [0.05, 0.1) is 6.54 Å². The van der Waals surface area contributed by atoms with E-state index < -0.39 is 0 Å². The summed E-state index contributed by atoms with van der Waals surface area (Å²) in [6.45, 7) is 2.88. The number of H-pyrrole nitrogens is 1. The van der Waals surface area contributed by atoms with Crippen LogP contribution < -0.4 is 14.8 Å². The number of aromatic nitrogens is 1. The quantitative estimate of drug-likeness (QED) is 0.644. The molecule has 2 aromatic carbocycles. The highest BCUT2D eigenvalue weighted by Gasteiger charge is 2.22. The second-order valence-corrected chi connectivity index (χ2v) is 6.97. The SMILES string of the molecule is S=C(Nc1ccc2c(c1)OCCO2)N1CCc2c([nH]c3ccccc23)C1. The molecule has 2 aliphatic heterocycles. The zero-order chi connectivity index (χ0) is 17.5. The third-order valence-electron chi connectivity index (χ3n) is 4.96. The molecule has 2 N–H and O–H groups in total. The van der Waals surface area contributed by atoms with Crippen molar-refractivity contribution in [3.63, 3.8) is 0 Å². The number of anilines is 1. The number of aromatic amines is 1. The van der Waals surface area contributed by atoms with Crippen LogP contribution in [0.1, 0.15) is 11.3 Å². The van der Waals surface area contributed by atoms with Crippen LogP contribution in [-0.2, 0) is 13.0 Å². The van der Waals surface area contributed by atoms with E-state index in [0.29, 0.717) is 13.2 Å². The standard InChI is InChI=1S/C20H19N3O2S/c26-20(21-13-5-6-18-19(11-13)25-10-9-24-18)23-8-7-15-14-3-1-2-4-16(14)22-17(15)12-23/h1-6,11,22H,7-10,12H2,(H,21,26). The Morgan fingerprint density at radius 2 is 1.92 bits per heavy atom. The van der Waals surface area contributed by atoms with Gasteiger partial charge < -0.3 is 24.7 Å². The van der Waals surface area contributed by atoms with Crippen molar-refractivity contribution in [3.05, 3.63) is 53.7 Å². The van der Waals surface area contributed by atoms with Crippen molar-refractivity contribution in [2.45, 2.75) is 13.0 Å². The van der Waals surface area contributed by atoms with Gasteiger partial charge in [-0.1, -0.05) is 18.2 Å². The first-order valence-electron chi connectivity index (χ1n) is 8.82. The number of hydrogen-bond acceptors (Lipinski definition) is 3. The minimum atomic E-state index is 0.580. The molecule has 0 amide bonds. The number of fused-ring (bicyclic) bond motifs is 4. The van der Waals surface area contributed by atoms with Gasteiger partial charge >= 0.3 is 0 Å². The first-order chi connectivity index (χ1) is 12.8. The molecule has 132 valence electrons. The molecular formula is C20H19N3O2S. The van der Waals surface area contributed by atoms with Gasteiger partial charge in [-0.25, -0.2) is 0 Å². The molecule has 0 bridgehead atoms. The zero-order valence-electron chi connectivity index (χ0n) is 14.2. The smallest absolute Gasteiger partial charge is 0.173 e. The molecule has 3 heterocycles. The highest BCUT2D eigenvalue weighted by Crippen LogP contribution is 2.33. The average Bonchev–Trinajstić information content (AvgIpc) is 3.05. The first kappa shape index (κ1) is 15.5. The third-order valence-corrected chi connectivity index (χ3v) is 5.32. The molecule has 3 aromatic rings. The number of hydrogen-bond donors (Lipinski definition) is 2. The lowest BCUT2D eigenvalue weighted by atomic mass is 10.0. The Kier molecular flexibility index (Phi) is 3.71. The van der Waals surface area contributed by atoms with Gasteiger partial charge in [0.15, 0.2) is 16.6 Å². The van der Waals surface area contributed by atoms with E-state index in [1.54, 1.807) is 0 Å². The predicted molar refractivity (Wildman–Crippen MR) is 106 cm³/mol. The van der Waals surface area contributed by atoms with Crippen molar-refractivity contribution in [3.8, 4) is 11.5 Å². The molecule has 6 heteroatoms. The predicted octanol–water partition coefficient (Wildman–Crippen LogP) is 3.69. The van der Waals surface area contributed by atoms with Crippen molar-refractivity contribution < 1.29 is 9.47 Å². The van der Waals surface area contributed by atoms with Crippen LogP contribution in [0.2, 0.25) is 0 Å². The summed E-state index contributed by atoms with van der Waals surface area (Å²) in [5.74, 6) is 1.55. The Morgan fingerprint density at radius 1 is 1.08 bits per heavy atom. The Morgan fingerprint density at radius 3 is 2.85 bits per heavy atom. The lowest BCUT2D eigenvalue weighted by Crippen LogP contribution is -2.38. The Balaban J connectivity index is 1.33. The van der Waals surface area contributed by atoms with Crippen LogP contribution in [-0.4, -0.2) is 34.8 Å². The Labute approximate surface area is 156 Å². The minimum Gasteiger partial charge on any atom is -0.486 e. The molecule has 0 radical (unpaired) electrons. The Hall–Kier alpha value is -2.73. The zero-order valence-corrected chi connectivity index (χ0v) is 15.1. The largest absolute Gasteiger partial charge is 0.486 e. The maximum absolute atomic E-state index is 5.65. The van der Waals surface area contributed by atoms with Crippen molar-refractivity contribution in [2.75, 3.05) is 25.1 Å². The van der Waals surface area contributed by atoms with Gasteiger partial charge in [-0.15, -0.1) is 0 Å². The molecule has 0 saturated carbocycles. The molecular weight excluding hydrogens is 346 g/mol.